The summed E-state index contributed by atoms with van der Waals surface area (Å²) in [5.74, 6) is 1.31. The van der Waals surface area contributed by atoms with Crippen LogP contribution in [0.25, 0.3) is 0 Å². The second kappa shape index (κ2) is 12.8. The lowest BCUT2D eigenvalue weighted by atomic mass is 10.2. The zero-order chi connectivity index (χ0) is 12.1. The first-order chi connectivity index (χ1) is 7.81. The van der Waals surface area contributed by atoms with E-state index < -0.39 is 0 Å². The number of thioether (sulfide) groups is 1. The maximum Gasteiger partial charge on any atom is 0.315 e. The molecule has 0 N–H and O–H groups in total. The summed E-state index contributed by atoms with van der Waals surface area (Å²) >= 11 is 1.61. The van der Waals surface area contributed by atoms with Gasteiger partial charge in [-0.05, 0) is 25.0 Å². The van der Waals surface area contributed by atoms with E-state index in [-0.39, 0.29) is 12.6 Å². The molecule has 16 heavy (non-hydrogen) atoms. The molecule has 0 atom stereocenters. The Balaban J connectivity index is 3.09. The largest absolute Gasteiger partial charge is 0.465 e. The summed E-state index contributed by atoms with van der Waals surface area (Å²) in [5.41, 5.74) is 0. The van der Waals surface area contributed by atoms with Crippen LogP contribution in [-0.4, -0.2) is 30.8 Å². The molecule has 0 saturated carbocycles. The summed E-state index contributed by atoms with van der Waals surface area (Å²) in [6, 6.07) is 0. The molecule has 0 heterocycles. The van der Waals surface area contributed by atoms with E-state index in [1.54, 1.807) is 11.8 Å². The standard InChI is InChI=1S/C12H23FO2S/c1-2-3-9-15-12(14)11-16-10-7-5-4-6-8-13/h2-11H2,1H3. The lowest BCUT2D eigenvalue weighted by molar-refractivity contribution is -0.140. The number of rotatable bonds is 11. The van der Waals surface area contributed by atoms with Crippen molar-refractivity contribution in [3.8, 4) is 0 Å². The van der Waals surface area contributed by atoms with Gasteiger partial charge in [-0.25, -0.2) is 0 Å². The van der Waals surface area contributed by atoms with Gasteiger partial charge in [0.1, 0.15) is 0 Å². The average Bonchev–Trinajstić information content (AvgIpc) is 2.28. The number of hydrogen-bond acceptors (Lipinski definition) is 3. The van der Waals surface area contributed by atoms with Crippen LogP contribution in [-0.2, 0) is 9.53 Å². The molecule has 0 unspecified atom stereocenters. The summed E-state index contributed by atoms with van der Waals surface area (Å²) in [7, 11) is 0. The molecule has 0 saturated heterocycles. The Hall–Kier alpha value is -0.250. The molecule has 0 spiro atoms. The van der Waals surface area contributed by atoms with Gasteiger partial charge in [0.2, 0.25) is 0 Å². The van der Waals surface area contributed by atoms with E-state index in [0.29, 0.717) is 18.8 Å². The van der Waals surface area contributed by atoms with Crippen LogP contribution in [0.1, 0.15) is 45.4 Å². The number of ether oxygens (including phenoxy) is 1. The third-order valence-electron chi connectivity index (χ3n) is 2.15. The maximum absolute atomic E-state index is 11.8. The Bertz CT molecular complexity index is 165. The number of alkyl halides is 1. The van der Waals surface area contributed by atoms with E-state index in [9.17, 15) is 9.18 Å². The van der Waals surface area contributed by atoms with Crippen molar-refractivity contribution < 1.29 is 13.9 Å². The highest BCUT2D eigenvalue weighted by atomic mass is 32.2. The molecule has 0 aliphatic heterocycles. The van der Waals surface area contributed by atoms with Gasteiger partial charge >= 0.3 is 5.97 Å². The molecule has 0 bridgehead atoms. The summed E-state index contributed by atoms with van der Waals surface area (Å²) in [5, 5.41) is 0. The molecule has 0 aromatic heterocycles. The Morgan fingerprint density at radius 2 is 1.94 bits per heavy atom. The van der Waals surface area contributed by atoms with E-state index >= 15 is 0 Å². The van der Waals surface area contributed by atoms with Crippen molar-refractivity contribution in [3.05, 3.63) is 0 Å². The number of carbonyl (C=O) groups is 1. The highest BCUT2D eigenvalue weighted by Crippen LogP contribution is 2.08. The smallest absolute Gasteiger partial charge is 0.315 e. The van der Waals surface area contributed by atoms with E-state index in [2.05, 4.69) is 6.92 Å². The average molecular weight is 250 g/mol. The van der Waals surface area contributed by atoms with Gasteiger partial charge in [0.25, 0.3) is 0 Å². The Kier molecular flexibility index (Phi) is 12.6. The number of carbonyl (C=O) groups excluding carboxylic acids is 1. The summed E-state index contributed by atoms with van der Waals surface area (Å²) in [4.78, 5) is 11.2. The first kappa shape index (κ1) is 15.8. The van der Waals surface area contributed by atoms with Crippen molar-refractivity contribution in [2.24, 2.45) is 0 Å². The zero-order valence-electron chi connectivity index (χ0n) is 10.2. The lowest BCUT2D eigenvalue weighted by Gasteiger charge is -2.03. The summed E-state index contributed by atoms with van der Waals surface area (Å²) in [6.07, 6.45) is 5.74. The Labute approximate surface area is 102 Å². The molecule has 0 radical (unpaired) electrons. The Morgan fingerprint density at radius 3 is 2.62 bits per heavy atom. The lowest BCUT2D eigenvalue weighted by Crippen LogP contribution is -2.08. The van der Waals surface area contributed by atoms with Crippen molar-refractivity contribution >= 4 is 17.7 Å². The van der Waals surface area contributed by atoms with Crippen molar-refractivity contribution in [2.75, 3.05) is 24.8 Å². The van der Waals surface area contributed by atoms with Crippen LogP contribution < -0.4 is 0 Å². The van der Waals surface area contributed by atoms with Gasteiger partial charge in [-0.2, -0.15) is 11.8 Å². The molecular weight excluding hydrogens is 227 g/mol. The minimum absolute atomic E-state index is 0.109. The van der Waals surface area contributed by atoms with Gasteiger partial charge in [0, 0.05) is 0 Å². The van der Waals surface area contributed by atoms with Crippen LogP contribution in [0.5, 0.6) is 0 Å². The third kappa shape index (κ3) is 11.8. The number of hydrogen-bond donors (Lipinski definition) is 0. The molecule has 0 amide bonds. The van der Waals surface area contributed by atoms with Crippen LogP contribution in [0.15, 0.2) is 0 Å². The topological polar surface area (TPSA) is 26.3 Å². The van der Waals surface area contributed by atoms with E-state index in [0.717, 1.165) is 37.9 Å². The van der Waals surface area contributed by atoms with Gasteiger partial charge < -0.3 is 4.74 Å². The summed E-state index contributed by atoms with van der Waals surface area (Å²) in [6.45, 7) is 2.41. The molecule has 0 fully saturated rings. The minimum atomic E-state index is -0.211. The van der Waals surface area contributed by atoms with Gasteiger partial charge in [0.15, 0.2) is 0 Å². The van der Waals surface area contributed by atoms with Crippen molar-refractivity contribution in [1.82, 2.24) is 0 Å². The first-order valence-corrected chi connectivity index (χ1v) is 7.26. The SMILES string of the molecule is CCCCOC(=O)CSCCCCCCF. The van der Waals surface area contributed by atoms with E-state index in [4.69, 9.17) is 4.74 Å². The normalized spacial score (nSPS) is 10.4. The van der Waals surface area contributed by atoms with Gasteiger partial charge in [-0.15, -0.1) is 0 Å². The molecule has 0 aliphatic rings. The zero-order valence-corrected chi connectivity index (χ0v) is 11.0. The predicted molar refractivity (Wildman–Crippen MR) is 67.6 cm³/mol. The number of esters is 1. The molecule has 2 nitrogen and oxygen atoms in total. The fourth-order valence-electron chi connectivity index (χ4n) is 1.18. The minimum Gasteiger partial charge on any atom is -0.465 e. The fourth-order valence-corrected chi connectivity index (χ4v) is 1.98. The third-order valence-corrected chi connectivity index (χ3v) is 3.17. The van der Waals surface area contributed by atoms with Crippen LogP contribution in [0.3, 0.4) is 0 Å². The molecule has 0 aliphatic carbocycles. The van der Waals surface area contributed by atoms with Crippen molar-refractivity contribution in [2.45, 2.75) is 45.4 Å². The quantitative estimate of drug-likeness (QED) is 0.414. The van der Waals surface area contributed by atoms with Crippen LogP contribution in [0, 0.1) is 0 Å². The Morgan fingerprint density at radius 1 is 1.19 bits per heavy atom. The molecule has 0 aromatic carbocycles. The van der Waals surface area contributed by atoms with Crippen LogP contribution in [0.2, 0.25) is 0 Å². The molecule has 0 rings (SSSR count). The van der Waals surface area contributed by atoms with Crippen molar-refractivity contribution in [3.63, 3.8) is 0 Å². The van der Waals surface area contributed by atoms with Crippen molar-refractivity contribution in [1.29, 1.82) is 0 Å². The number of halogens is 1. The maximum atomic E-state index is 11.8. The van der Waals surface area contributed by atoms with E-state index in [1.165, 1.54) is 0 Å². The van der Waals surface area contributed by atoms with Crippen LogP contribution >= 0.6 is 11.8 Å². The molecular formula is C12H23FO2S. The number of unbranched alkanes of at least 4 members (excludes halogenated alkanes) is 4. The van der Waals surface area contributed by atoms with E-state index in [1.807, 2.05) is 0 Å². The second-order valence-corrected chi connectivity index (χ2v) is 4.83. The fraction of sp³-hybridized carbons (Fsp3) is 0.917. The molecule has 0 aromatic rings. The highest BCUT2D eigenvalue weighted by molar-refractivity contribution is 7.99. The molecule has 4 heteroatoms. The first-order valence-electron chi connectivity index (χ1n) is 6.10. The second-order valence-electron chi connectivity index (χ2n) is 3.73. The molecule has 96 valence electrons. The summed E-state index contributed by atoms with van der Waals surface area (Å²) < 4.78 is 16.8. The highest BCUT2D eigenvalue weighted by Gasteiger charge is 2.01. The van der Waals surface area contributed by atoms with Gasteiger partial charge in [-0.3, -0.25) is 9.18 Å². The van der Waals surface area contributed by atoms with Gasteiger partial charge in [0.05, 0.1) is 19.0 Å². The van der Waals surface area contributed by atoms with Gasteiger partial charge in [-0.1, -0.05) is 26.2 Å². The monoisotopic (exact) mass is 250 g/mol. The van der Waals surface area contributed by atoms with Crippen LogP contribution in [0.4, 0.5) is 4.39 Å². The predicted octanol–water partition coefficient (Wildman–Crippen LogP) is 3.59.